The molecule has 26 heavy (non-hydrogen) atoms. The molecule has 1 aromatic heterocycles. The number of carbonyl (C=O) groups excluding carboxylic acids is 1. The van der Waals surface area contributed by atoms with E-state index >= 15 is 0 Å². The summed E-state index contributed by atoms with van der Waals surface area (Å²) in [5, 5.41) is 3.90. The van der Waals surface area contributed by atoms with Crippen molar-refractivity contribution in [3.63, 3.8) is 0 Å². The number of aromatic nitrogens is 1. The van der Waals surface area contributed by atoms with Gasteiger partial charge in [-0.05, 0) is 43.7 Å². The average molecular weight is 382 g/mol. The van der Waals surface area contributed by atoms with E-state index in [1.807, 2.05) is 0 Å². The number of ether oxygens (including phenoxy) is 1. The first-order valence-corrected chi connectivity index (χ1v) is 9.17. The lowest BCUT2D eigenvalue weighted by Gasteiger charge is -2.27. The number of alkyl halides is 1. The topological polar surface area (TPSA) is 52.3 Å². The smallest absolute Gasteiger partial charge is 0.199 e. The summed E-state index contributed by atoms with van der Waals surface area (Å²) < 4.78 is 38.0. The first-order chi connectivity index (χ1) is 12.6. The Morgan fingerprint density at radius 3 is 2.88 bits per heavy atom. The Bertz CT molecular complexity index is 848. The fourth-order valence-corrected chi connectivity index (χ4v) is 3.98. The minimum absolute atomic E-state index is 0.0729. The van der Waals surface area contributed by atoms with Crippen LogP contribution in [-0.2, 0) is 11.2 Å². The molecule has 2 aromatic rings. The van der Waals surface area contributed by atoms with Crippen molar-refractivity contribution in [3.8, 4) is 0 Å². The highest BCUT2D eigenvalue weighted by atomic mass is 35.5. The van der Waals surface area contributed by atoms with Crippen LogP contribution in [0, 0.1) is 5.82 Å². The predicted molar refractivity (Wildman–Crippen MR) is 90.9 cm³/mol. The molecule has 2 aliphatic rings. The Morgan fingerprint density at radius 1 is 1.35 bits per heavy atom. The van der Waals surface area contributed by atoms with Gasteiger partial charge in [-0.3, -0.25) is 4.79 Å². The van der Waals surface area contributed by atoms with E-state index in [4.69, 9.17) is 20.9 Å². The number of nitrogens with zero attached hydrogens (tertiary/aromatic N) is 1. The maximum atomic E-state index is 14.7. The summed E-state index contributed by atoms with van der Waals surface area (Å²) in [5.74, 6) is -0.159. The van der Waals surface area contributed by atoms with Crippen LogP contribution < -0.4 is 0 Å². The molecular weight excluding hydrogens is 364 g/mol. The van der Waals surface area contributed by atoms with Crippen molar-refractivity contribution in [1.29, 1.82) is 0 Å². The van der Waals surface area contributed by atoms with Gasteiger partial charge in [0.1, 0.15) is 12.5 Å². The summed E-state index contributed by atoms with van der Waals surface area (Å²) in [6, 6.07) is 1.19. The highest BCUT2D eigenvalue weighted by molar-refractivity contribution is 6.36. The molecule has 1 saturated carbocycles. The Morgan fingerprint density at radius 2 is 2.15 bits per heavy atom. The molecule has 0 aliphatic heterocycles. The van der Waals surface area contributed by atoms with Gasteiger partial charge in [-0.2, -0.15) is 0 Å². The van der Waals surface area contributed by atoms with Gasteiger partial charge in [-0.1, -0.05) is 16.8 Å². The van der Waals surface area contributed by atoms with Gasteiger partial charge in [0, 0.05) is 17.0 Å². The van der Waals surface area contributed by atoms with Gasteiger partial charge in [0.2, 0.25) is 0 Å². The second kappa shape index (κ2) is 7.08. The zero-order chi connectivity index (χ0) is 18.3. The third-order valence-corrected chi connectivity index (χ3v) is 5.41. The summed E-state index contributed by atoms with van der Waals surface area (Å²) in [6.07, 6.45) is 4.61. The number of carbonyl (C=O) groups is 1. The molecule has 0 N–H and O–H groups in total. The summed E-state index contributed by atoms with van der Waals surface area (Å²) in [7, 11) is 0. The van der Waals surface area contributed by atoms with Crippen molar-refractivity contribution in [2.45, 2.75) is 44.1 Å². The Labute approximate surface area is 154 Å². The molecule has 1 heterocycles. The van der Waals surface area contributed by atoms with Crippen molar-refractivity contribution in [2.75, 3.05) is 13.3 Å². The Hall–Kier alpha value is -1.79. The van der Waals surface area contributed by atoms with E-state index < -0.39 is 24.4 Å². The summed E-state index contributed by atoms with van der Waals surface area (Å²) >= 11 is 6.52. The van der Waals surface area contributed by atoms with Gasteiger partial charge in [-0.25, -0.2) is 8.78 Å². The number of hydrogen-bond acceptors (Lipinski definition) is 4. The molecule has 0 radical (unpaired) electrons. The van der Waals surface area contributed by atoms with E-state index in [2.05, 4.69) is 5.16 Å². The van der Waals surface area contributed by atoms with E-state index in [0.717, 1.165) is 19.3 Å². The van der Waals surface area contributed by atoms with Crippen molar-refractivity contribution in [1.82, 2.24) is 5.16 Å². The zero-order valence-electron chi connectivity index (χ0n) is 14.1. The van der Waals surface area contributed by atoms with Crippen molar-refractivity contribution < 1.29 is 22.8 Å². The summed E-state index contributed by atoms with van der Waals surface area (Å²) in [6.45, 7) is -0.715. The van der Waals surface area contributed by atoms with Gasteiger partial charge in [0.25, 0.3) is 0 Å². The van der Waals surface area contributed by atoms with Gasteiger partial charge in [0.15, 0.2) is 11.5 Å². The van der Waals surface area contributed by atoms with E-state index in [0.29, 0.717) is 35.3 Å². The van der Waals surface area contributed by atoms with Gasteiger partial charge in [0.05, 0.1) is 29.5 Å². The quantitative estimate of drug-likeness (QED) is 0.665. The van der Waals surface area contributed by atoms with Crippen molar-refractivity contribution >= 4 is 17.4 Å². The molecule has 1 aromatic carbocycles. The summed E-state index contributed by atoms with van der Waals surface area (Å²) in [5.41, 5.74) is 1.32. The molecule has 1 unspecified atom stereocenters. The minimum Gasteiger partial charge on any atom is -0.371 e. The van der Waals surface area contributed by atoms with Crippen LogP contribution >= 0.6 is 11.6 Å². The minimum atomic E-state index is -0.629. The molecule has 7 heteroatoms. The molecule has 0 amide bonds. The van der Waals surface area contributed by atoms with Crippen LogP contribution in [0.1, 0.15) is 70.5 Å². The third-order valence-electron chi connectivity index (χ3n) is 5.00. The SMILES string of the molecule is O=C(c1cnoc1C1CC1)c1cc(F)c2c(c1Cl)C(OCCF)CCC2. The molecule has 0 bridgehead atoms. The Kier molecular flexibility index (Phi) is 4.80. The number of benzene rings is 1. The van der Waals surface area contributed by atoms with Crippen LogP contribution in [0.4, 0.5) is 8.78 Å². The number of halogens is 3. The molecule has 1 fully saturated rings. The predicted octanol–water partition coefficient (Wildman–Crippen LogP) is 4.94. The lowest BCUT2D eigenvalue weighted by atomic mass is 9.86. The van der Waals surface area contributed by atoms with Crippen LogP contribution in [0.5, 0.6) is 0 Å². The Balaban J connectivity index is 1.76. The normalized spacial score (nSPS) is 19.4. The number of rotatable bonds is 6. The summed E-state index contributed by atoms with van der Waals surface area (Å²) in [4.78, 5) is 13.0. The van der Waals surface area contributed by atoms with Crippen LogP contribution in [0.15, 0.2) is 16.8 Å². The fraction of sp³-hybridized carbons (Fsp3) is 0.474. The van der Waals surface area contributed by atoms with Crippen LogP contribution in [-0.4, -0.2) is 24.2 Å². The largest absolute Gasteiger partial charge is 0.371 e. The highest BCUT2D eigenvalue weighted by Crippen LogP contribution is 2.44. The van der Waals surface area contributed by atoms with Gasteiger partial charge >= 0.3 is 0 Å². The van der Waals surface area contributed by atoms with E-state index in [1.54, 1.807) is 0 Å². The molecular formula is C19H18ClF2NO3. The second-order valence-electron chi connectivity index (χ2n) is 6.76. The van der Waals surface area contributed by atoms with Crippen LogP contribution in [0.25, 0.3) is 0 Å². The molecule has 2 aliphatic carbocycles. The lowest BCUT2D eigenvalue weighted by Crippen LogP contribution is -2.18. The van der Waals surface area contributed by atoms with Crippen LogP contribution in [0.2, 0.25) is 5.02 Å². The highest BCUT2D eigenvalue weighted by Gasteiger charge is 2.35. The van der Waals surface area contributed by atoms with E-state index in [1.165, 1.54) is 12.3 Å². The zero-order valence-corrected chi connectivity index (χ0v) is 14.8. The van der Waals surface area contributed by atoms with Crippen molar-refractivity contribution in [3.05, 3.63) is 51.1 Å². The first kappa shape index (κ1) is 17.6. The van der Waals surface area contributed by atoms with Gasteiger partial charge < -0.3 is 9.26 Å². The lowest BCUT2D eigenvalue weighted by molar-refractivity contribution is 0.0322. The second-order valence-corrected chi connectivity index (χ2v) is 7.14. The number of ketones is 1. The third kappa shape index (κ3) is 3.05. The maximum absolute atomic E-state index is 14.7. The van der Waals surface area contributed by atoms with Crippen molar-refractivity contribution in [2.24, 2.45) is 0 Å². The number of fused-ring (bicyclic) bond motifs is 1. The van der Waals surface area contributed by atoms with Gasteiger partial charge in [-0.15, -0.1) is 0 Å². The van der Waals surface area contributed by atoms with Crippen LogP contribution in [0.3, 0.4) is 0 Å². The molecule has 4 rings (SSSR count). The fourth-order valence-electron chi connectivity index (χ4n) is 3.60. The standard InChI is InChI=1S/C19H18ClF2NO3/c20-17-12(18(24)13-9-23-26-19(13)10-4-5-10)8-14(22)11-2-1-3-15(16(11)17)25-7-6-21/h8-10,15H,1-7H2. The van der Waals surface area contributed by atoms with E-state index in [-0.39, 0.29) is 23.1 Å². The number of hydrogen-bond donors (Lipinski definition) is 0. The first-order valence-electron chi connectivity index (χ1n) is 8.79. The molecule has 1 atom stereocenters. The van der Waals surface area contributed by atoms with E-state index in [9.17, 15) is 13.6 Å². The average Bonchev–Trinajstić information content (AvgIpc) is 3.38. The molecule has 0 spiro atoms. The molecule has 138 valence electrons. The monoisotopic (exact) mass is 381 g/mol. The molecule has 0 saturated heterocycles. The molecule has 4 nitrogen and oxygen atoms in total. The maximum Gasteiger partial charge on any atom is 0.199 e.